The van der Waals surface area contributed by atoms with Crippen LogP contribution in [0.15, 0.2) is 0 Å². The zero-order valence-corrected chi connectivity index (χ0v) is 10.7. The molecular formula is C13H23N3O. The molecule has 4 nitrogen and oxygen atoms in total. The van der Waals surface area contributed by atoms with Gasteiger partial charge in [0.2, 0.25) is 5.91 Å². The third-order valence-electron chi connectivity index (χ3n) is 4.64. The Balaban J connectivity index is 1.50. The van der Waals surface area contributed by atoms with Crippen LogP contribution in [0.1, 0.15) is 19.3 Å². The summed E-state index contributed by atoms with van der Waals surface area (Å²) in [6.45, 7) is 5.19. The number of carbonyl (C=O) groups is 1. The maximum atomic E-state index is 12.1. The Morgan fingerprint density at radius 1 is 1.29 bits per heavy atom. The molecule has 2 saturated heterocycles. The van der Waals surface area contributed by atoms with E-state index < -0.39 is 0 Å². The Bertz CT molecular complexity index is 303. The first-order valence-corrected chi connectivity index (χ1v) is 6.93. The minimum absolute atomic E-state index is 0.317. The lowest BCUT2D eigenvalue weighted by Gasteiger charge is -2.34. The highest BCUT2D eigenvalue weighted by molar-refractivity contribution is 5.78. The number of carbonyl (C=O) groups excluding carboxylic acids is 1. The Hall–Kier alpha value is -0.610. The first-order valence-electron chi connectivity index (χ1n) is 6.93. The molecule has 1 saturated carbocycles. The minimum atomic E-state index is 0.317. The number of nitrogens with zero attached hydrogens (tertiary/aromatic N) is 2. The molecular weight excluding hydrogens is 214 g/mol. The third kappa shape index (κ3) is 2.47. The minimum Gasteiger partial charge on any atom is -0.342 e. The average molecular weight is 237 g/mol. The number of likely N-dealkylation sites (tertiary alicyclic amines) is 1. The molecule has 96 valence electrons. The van der Waals surface area contributed by atoms with Gasteiger partial charge in [-0.05, 0) is 50.7 Å². The molecule has 1 aliphatic carbocycles. The normalized spacial score (nSPS) is 33.5. The largest absolute Gasteiger partial charge is 0.342 e. The van der Waals surface area contributed by atoms with Crippen LogP contribution in [0.4, 0.5) is 0 Å². The van der Waals surface area contributed by atoms with Gasteiger partial charge in [0.25, 0.3) is 0 Å². The lowest BCUT2D eigenvalue weighted by atomic mass is 9.89. The molecule has 0 aromatic heterocycles. The summed E-state index contributed by atoms with van der Waals surface area (Å²) in [4.78, 5) is 16.4. The van der Waals surface area contributed by atoms with Crippen molar-refractivity contribution in [2.75, 3.05) is 39.8 Å². The lowest BCUT2D eigenvalue weighted by Crippen LogP contribution is -2.45. The van der Waals surface area contributed by atoms with E-state index in [1.165, 1.54) is 25.8 Å². The summed E-state index contributed by atoms with van der Waals surface area (Å²) in [5.74, 6) is 1.96. The summed E-state index contributed by atoms with van der Waals surface area (Å²) in [5.41, 5.74) is 0. The van der Waals surface area contributed by atoms with E-state index in [1.807, 2.05) is 11.9 Å². The van der Waals surface area contributed by atoms with Gasteiger partial charge in [-0.2, -0.15) is 0 Å². The number of hydrogen-bond donors (Lipinski definition) is 1. The van der Waals surface area contributed by atoms with Crippen LogP contribution < -0.4 is 5.32 Å². The van der Waals surface area contributed by atoms with Crippen LogP contribution in [0.25, 0.3) is 0 Å². The molecule has 1 amide bonds. The van der Waals surface area contributed by atoms with Crippen LogP contribution in [0, 0.1) is 11.8 Å². The van der Waals surface area contributed by atoms with Crippen molar-refractivity contribution in [1.82, 2.24) is 15.1 Å². The Labute approximate surface area is 103 Å². The molecule has 3 aliphatic rings. The van der Waals surface area contributed by atoms with Crippen molar-refractivity contribution in [2.45, 2.75) is 25.3 Å². The van der Waals surface area contributed by atoms with E-state index in [0.717, 1.165) is 31.5 Å². The van der Waals surface area contributed by atoms with E-state index in [4.69, 9.17) is 0 Å². The maximum absolute atomic E-state index is 12.1. The number of amides is 1. The van der Waals surface area contributed by atoms with Gasteiger partial charge in [-0.3, -0.25) is 9.69 Å². The van der Waals surface area contributed by atoms with Crippen molar-refractivity contribution >= 4 is 5.91 Å². The molecule has 0 bridgehead atoms. The molecule has 2 heterocycles. The summed E-state index contributed by atoms with van der Waals surface area (Å²) in [6, 6.07) is 0.549. The number of fused-ring (bicyclic) bond motifs is 1. The molecule has 0 radical (unpaired) electrons. The van der Waals surface area contributed by atoms with Crippen LogP contribution in [-0.4, -0.2) is 61.5 Å². The third-order valence-corrected chi connectivity index (χ3v) is 4.64. The number of nitrogens with one attached hydrogen (secondary N) is 1. The van der Waals surface area contributed by atoms with Gasteiger partial charge in [0.05, 0.1) is 6.54 Å². The SMILES string of the molecule is CN(C(=O)CN1CCC2CNCC2C1)C1CC1. The second-order valence-electron chi connectivity index (χ2n) is 5.94. The van der Waals surface area contributed by atoms with E-state index in [-0.39, 0.29) is 0 Å². The first kappa shape index (κ1) is 11.5. The number of rotatable bonds is 3. The summed E-state index contributed by atoms with van der Waals surface area (Å²) in [6.07, 6.45) is 3.67. The van der Waals surface area contributed by atoms with Gasteiger partial charge in [-0.15, -0.1) is 0 Å². The van der Waals surface area contributed by atoms with Crippen LogP contribution in [-0.2, 0) is 4.79 Å². The predicted octanol–water partition coefficient (Wildman–Crippen LogP) is 0.149. The fourth-order valence-electron chi connectivity index (χ4n) is 3.22. The highest BCUT2D eigenvalue weighted by Gasteiger charge is 2.35. The Morgan fingerprint density at radius 3 is 2.82 bits per heavy atom. The van der Waals surface area contributed by atoms with E-state index >= 15 is 0 Å². The second-order valence-corrected chi connectivity index (χ2v) is 5.94. The maximum Gasteiger partial charge on any atom is 0.236 e. The molecule has 1 N–H and O–H groups in total. The van der Waals surface area contributed by atoms with E-state index in [2.05, 4.69) is 10.2 Å². The van der Waals surface area contributed by atoms with Gasteiger partial charge in [0.15, 0.2) is 0 Å². The van der Waals surface area contributed by atoms with Crippen molar-refractivity contribution in [3.63, 3.8) is 0 Å². The number of piperidine rings is 1. The highest BCUT2D eigenvalue weighted by atomic mass is 16.2. The molecule has 4 heteroatoms. The molecule has 2 aliphatic heterocycles. The summed E-state index contributed by atoms with van der Waals surface area (Å²) in [7, 11) is 1.96. The van der Waals surface area contributed by atoms with Gasteiger partial charge >= 0.3 is 0 Å². The van der Waals surface area contributed by atoms with Crippen LogP contribution in [0.2, 0.25) is 0 Å². The van der Waals surface area contributed by atoms with Gasteiger partial charge in [0.1, 0.15) is 0 Å². The highest BCUT2D eigenvalue weighted by Crippen LogP contribution is 2.28. The molecule has 0 aromatic rings. The van der Waals surface area contributed by atoms with Gasteiger partial charge in [0, 0.05) is 19.6 Å². The van der Waals surface area contributed by atoms with E-state index in [9.17, 15) is 4.79 Å². The van der Waals surface area contributed by atoms with Crippen molar-refractivity contribution in [2.24, 2.45) is 11.8 Å². The molecule has 0 spiro atoms. The molecule has 0 aromatic carbocycles. The smallest absolute Gasteiger partial charge is 0.236 e. The van der Waals surface area contributed by atoms with Crippen molar-refractivity contribution in [3.8, 4) is 0 Å². The topological polar surface area (TPSA) is 35.6 Å². The van der Waals surface area contributed by atoms with Gasteiger partial charge < -0.3 is 10.2 Å². The van der Waals surface area contributed by atoms with E-state index in [1.54, 1.807) is 0 Å². The molecule has 2 unspecified atom stereocenters. The Morgan fingerprint density at radius 2 is 2.06 bits per heavy atom. The van der Waals surface area contributed by atoms with Crippen LogP contribution >= 0.6 is 0 Å². The number of hydrogen-bond acceptors (Lipinski definition) is 3. The van der Waals surface area contributed by atoms with Gasteiger partial charge in [-0.25, -0.2) is 0 Å². The first-order chi connectivity index (χ1) is 8.24. The predicted molar refractivity (Wildman–Crippen MR) is 66.7 cm³/mol. The molecule has 2 atom stereocenters. The molecule has 17 heavy (non-hydrogen) atoms. The monoisotopic (exact) mass is 237 g/mol. The van der Waals surface area contributed by atoms with E-state index in [0.29, 0.717) is 18.5 Å². The molecule has 3 fully saturated rings. The zero-order chi connectivity index (χ0) is 11.8. The number of likely N-dealkylation sites (N-methyl/N-ethyl adjacent to an activating group) is 1. The standard InChI is InChI=1S/C13H23N3O/c1-15(12-2-3-12)13(17)9-16-5-4-10-6-14-7-11(10)8-16/h10-12,14H,2-9H2,1H3. The summed E-state index contributed by atoms with van der Waals surface area (Å²) in [5, 5.41) is 3.47. The van der Waals surface area contributed by atoms with Gasteiger partial charge in [-0.1, -0.05) is 0 Å². The fraction of sp³-hybridized carbons (Fsp3) is 0.923. The second kappa shape index (κ2) is 4.58. The van der Waals surface area contributed by atoms with Crippen molar-refractivity contribution in [3.05, 3.63) is 0 Å². The van der Waals surface area contributed by atoms with Crippen molar-refractivity contribution < 1.29 is 4.79 Å². The van der Waals surface area contributed by atoms with Crippen LogP contribution in [0.3, 0.4) is 0 Å². The lowest BCUT2D eigenvalue weighted by molar-refractivity contribution is -0.132. The average Bonchev–Trinajstić information content (AvgIpc) is 3.07. The summed E-state index contributed by atoms with van der Waals surface area (Å²) >= 11 is 0. The quantitative estimate of drug-likeness (QED) is 0.759. The van der Waals surface area contributed by atoms with Crippen LogP contribution in [0.5, 0.6) is 0 Å². The summed E-state index contributed by atoms with van der Waals surface area (Å²) < 4.78 is 0. The Kier molecular flexibility index (Phi) is 3.09. The zero-order valence-electron chi connectivity index (χ0n) is 10.7. The fourth-order valence-corrected chi connectivity index (χ4v) is 3.22. The molecule has 3 rings (SSSR count). The van der Waals surface area contributed by atoms with Crippen molar-refractivity contribution in [1.29, 1.82) is 0 Å².